The zero-order valence-electron chi connectivity index (χ0n) is 20.8. The molecule has 2 heterocycles. The third kappa shape index (κ3) is 5.45. The van der Waals surface area contributed by atoms with Crippen molar-refractivity contribution >= 4 is 42.6 Å². The maximum absolute atomic E-state index is 13.7. The molecule has 37 heavy (non-hydrogen) atoms. The van der Waals surface area contributed by atoms with Gasteiger partial charge in [0.15, 0.2) is 5.13 Å². The van der Waals surface area contributed by atoms with Gasteiger partial charge < -0.3 is 4.74 Å². The summed E-state index contributed by atoms with van der Waals surface area (Å²) in [6, 6.07) is 21.6. The minimum atomic E-state index is -3.71. The van der Waals surface area contributed by atoms with E-state index in [2.05, 4.69) is 0 Å². The molecule has 9 heteroatoms. The second-order valence-electron chi connectivity index (χ2n) is 9.24. The maximum Gasteiger partial charge on any atom is 0.260 e. The molecule has 1 saturated heterocycles. The van der Waals surface area contributed by atoms with Crippen molar-refractivity contribution in [3.8, 4) is 0 Å². The first-order valence-corrected chi connectivity index (χ1v) is 14.5. The summed E-state index contributed by atoms with van der Waals surface area (Å²) in [5.41, 5.74) is 3.24. The molecule has 1 aliphatic heterocycles. The van der Waals surface area contributed by atoms with Gasteiger partial charge in [-0.15, -0.1) is 0 Å². The van der Waals surface area contributed by atoms with E-state index in [1.807, 2.05) is 55.5 Å². The first kappa shape index (κ1) is 25.5. The number of fused-ring (bicyclic) bond motifs is 1. The standard InChI is InChI=1S/C28H29N3O4S2/c1-20-8-6-12-25-26(20)29-28(36-25)31(19-23-11-7-17-35-23)27(32)22-13-15-24(16-14-22)37(33,34)30(2)18-21-9-4-3-5-10-21/h3-6,8-10,12-16,23H,7,11,17-19H2,1-2H3. The predicted molar refractivity (Wildman–Crippen MR) is 147 cm³/mol. The third-order valence-electron chi connectivity index (χ3n) is 6.55. The van der Waals surface area contributed by atoms with Crippen molar-refractivity contribution in [3.05, 3.63) is 89.5 Å². The summed E-state index contributed by atoms with van der Waals surface area (Å²) in [5.74, 6) is -0.228. The number of hydrogen-bond acceptors (Lipinski definition) is 6. The minimum absolute atomic E-state index is 0.0525. The van der Waals surface area contributed by atoms with Gasteiger partial charge in [-0.1, -0.05) is 53.8 Å². The molecule has 0 N–H and O–H groups in total. The van der Waals surface area contributed by atoms with E-state index < -0.39 is 10.0 Å². The first-order valence-electron chi connectivity index (χ1n) is 12.2. The van der Waals surface area contributed by atoms with Gasteiger partial charge in [-0.3, -0.25) is 9.69 Å². The zero-order chi connectivity index (χ0) is 26.0. The number of benzene rings is 3. The number of aryl methyl sites for hydroxylation is 1. The lowest BCUT2D eigenvalue weighted by molar-refractivity contribution is 0.0917. The highest BCUT2D eigenvalue weighted by atomic mass is 32.2. The number of nitrogens with zero attached hydrogens (tertiary/aromatic N) is 3. The van der Waals surface area contributed by atoms with Crippen LogP contribution in [-0.2, 0) is 21.3 Å². The number of rotatable bonds is 8. The highest BCUT2D eigenvalue weighted by Gasteiger charge is 2.28. The Morgan fingerprint density at radius 2 is 1.81 bits per heavy atom. The summed E-state index contributed by atoms with van der Waals surface area (Å²) in [6.07, 6.45) is 1.80. The molecule has 0 saturated carbocycles. The van der Waals surface area contributed by atoms with Gasteiger partial charge in [0.25, 0.3) is 5.91 Å². The van der Waals surface area contributed by atoms with Crippen LogP contribution in [0.15, 0.2) is 77.7 Å². The SMILES string of the molecule is Cc1cccc2sc(N(CC3CCCO3)C(=O)c3ccc(S(=O)(=O)N(C)Cc4ccccc4)cc3)nc12. The number of para-hydroxylation sites is 1. The Hall–Kier alpha value is -3.11. The molecule has 192 valence electrons. The number of amides is 1. The van der Waals surface area contributed by atoms with Crippen molar-refractivity contribution in [2.45, 2.75) is 37.3 Å². The monoisotopic (exact) mass is 535 g/mol. The number of anilines is 1. The van der Waals surface area contributed by atoms with Crippen LogP contribution in [0.2, 0.25) is 0 Å². The summed E-state index contributed by atoms with van der Waals surface area (Å²) in [4.78, 5) is 20.3. The average molecular weight is 536 g/mol. The maximum atomic E-state index is 13.7. The molecular formula is C28H29N3O4S2. The van der Waals surface area contributed by atoms with Crippen LogP contribution >= 0.6 is 11.3 Å². The van der Waals surface area contributed by atoms with Gasteiger partial charge in [-0.25, -0.2) is 13.4 Å². The summed E-state index contributed by atoms with van der Waals surface area (Å²) >= 11 is 1.47. The van der Waals surface area contributed by atoms with Gasteiger partial charge in [-0.2, -0.15) is 4.31 Å². The van der Waals surface area contributed by atoms with E-state index in [-0.39, 0.29) is 23.5 Å². The number of ether oxygens (including phenoxy) is 1. The molecule has 1 unspecified atom stereocenters. The topological polar surface area (TPSA) is 79.8 Å². The lowest BCUT2D eigenvalue weighted by atomic mass is 10.2. The minimum Gasteiger partial charge on any atom is -0.376 e. The van der Waals surface area contributed by atoms with Crippen molar-refractivity contribution < 1.29 is 17.9 Å². The van der Waals surface area contributed by atoms with Crippen molar-refractivity contribution in [1.29, 1.82) is 0 Å². The molecule has 7 nitrogen and oxygen atoms in total. The Morgan fingerprint density at radius 3 is 2.49 bits per heavy atom. The summed E-state index contributed by atoms with van der Waals surface area (Å²) in [6.45, 7) is 3.36. The number of aromatic nitrogens is 1. The van der Waals surface area contributed by atoms with Gasteiger partial charge in [0, 0.05) is 25.8 Å². The van der Waals surface area contributed by atoms with Gasteiger partial charge in [0.05, 0.1) is 27.8 Å². The van der Waals surface area contributed by atoms with E-state index in [1.165, 1.54) is 27.8 Å². The molecule has 1 fully saturated rings. The zero-order valence-corrected chi connectivity index (χ0v) is 22.5. The van der Waals surface area contributed by atoms with Crippen LogP contribution in [0.25, 0.3) is 10.2 Å². The van der Waals surface area contributed by atoms with Crippen LogP contribution in [0.4, 0.5) is 5.13 Å². The number of carbonyl (C=O) groups is 1. The second-order valence-corrected chi connectivity index (χ2v) is 12.3. The van der Waals surface area contributed by atoms with Crippen molar-refractivity contribution in [2.24, 2.45) is 0 Å². The smallest absolute Gasteiger partial charge is 0.260 e. The largest absolute Gasteiger partial charge is 0.376 e. The van der Waals surface area contributed by atoms with Crippen LogP contribution in [0.3, 0.4) is 0 Å². The van der Waals surface area contributed by atoms with E-state index in [4.69, 9.17) is 9.72 Å². The van der Waals surface area contributed by atoms with Crippen molar-refractivity contribution in [1.82, 2.24) is 9.29 Å². The van der Waals surface area contributed by atoms with Gasteiger partial charge in [0.2, 0.25) is 10.0 Å². The fourth-order valence-electron chi connectivity index (χ4n) is 4.46. The Bertz CT molecular complexity index is 1500. The van der Waals surface area contributed by atoms with Crippen LogP contribution < -0.4 is 4.90 Å². The number of carbonyl (C=O) groups excluding carboxylic acids is 1. The predicted octanol–water partition coefficient (Wildman–Crippen LogP) is 5.25. The molecule has 0 radical (unpaired) electrons. The van der Waals surface area contributed by atoms with Gasteiger partial charge in [0.1, 0.15) is 0 Å². The molecule has 1 amide bonds. The van der Waals surface area contributed by atoms with Crippen LogP contribution in [-0.4, -0.2) is 49.9 Å². The molecule has 0 bridgehead atoms. The normalized spacial score (nSPS) is 15.9. The molecule has 1 aromatic heterocycles. The number of thiazole rings is 1. The summed E-state index contributed by atoms with van der Waals surface area (Å²) in [7, 11) is -2.16. The van der Waals surface area contributed by atoms with E-state index in [1.54, 1.807) is 24.1 Å². The molecule has 1 atom stereocenters. The fraction of sp³-hybridized carbons (Fsp3) is 0.286. The lowest BCUT2D eigenvalue weighted by Gasteiger charge is -2.23. The number of hydrogen-bond donors (Lipinski definition) is 0. The van der Waals surface area contributed by atoms with E-state index >= 15 is 0 Å². The molecule has 5 rings (SSSR count). The number of sulfonamides is 1. The Labute approximate surface area is 221 Å². The van der Waals surface area contributed by atoms with Crippen molar-refractivity contribution in [2.75, 3.05) is 25.1 Å². The molecule has 3 aromatic carbocycles. The third-order valence-corrected chi connectivity index (χ3v) is 9.41. The van der Waals surface area contributed by atoms with E-state index in [0.717, 1.165) is 34.2 Å². The molecular weight excluding hydrogens is 506 g/mol. The molecule has 0 aliphatic carbocycles. The Morgan fingerprint density at radius 1 is 1.05 bits per heavy atom. The Kier molecular flexibility index (Phi) is 7.39. The first-order chi connectivity index (χ1) is 17.8. The fourth-order valence-corrected chi connectivity index (χ4v) is 6.67. The highest BCUT2D eigenvalue weighted by molar-refractivity contribution is 7.89. The lowest BCUT2D eigenvalue weighted by Crippen LogP contribution is -2.37. The van der Waals surface area contributed by atoms with Gasteiger partial charge in [-0.05, 0) is 61.2 Å². The average Bonchev–Trinajstić information content (AvgIpc) is 3.58. The molecule has 1 aliphatic rings. The van der Waals surface area contributed by atoms with Gasteiger partial charge >= 0.3 is 0 Å². The van der Waals surface area contributed by atoms with E-state index in [0.29, 0.717) is 23.8 Å². The second kappa shape index (κ2) is 10.7. The summed E-state index contributed by atoms with van der Waals surface area (Å²) in [5, 5.41) is 0.615. The van der Waals surface area contributed by atoms with Crippen LogP contribution in [0, 0.1) is 6.92 Å². The quantitative estimate of drug-likeness (QED) is 0.308. The summed E-state index contributed by atoms with van der Waals surface area (Å²) < 4.78 is 34.4. The Balaban J connectivity index is 1.40. The van der Waals surface area contributed by atoms with E-state index in [9.17, 15) is 13.2 Å². The highest BCUT2D eigenvalue weighted by Crippen LogP contribution is 2.32. The molecule has 4 aromatic rings. The van der Waals surface area contributed by atoms with Crippen LogP contribution in [0.1, 0.15) is 34.3 Å². The van der Waals surface area contributed by atoms with Crippen molar-refractivity contribution in [3.63, 3.8) is 0 Å². The van der Waals surface area contributed by atoms with Crippen LogP contribution in [0.5, 0.6) is 0 Å². The molecule has 0 spiro atoms.